The Morgan fingerprint density at radius 2 is 1.85 bits per heavy atom. The molecule has 0 radical (unpaired) electrons. The molecule has 2 unspecified atom stereocenters. The van der Waals surface area contributed by atoms with Crippen LogP contribution in [0.25, 0.3) is 11.1 Å². The van der Waals surface area contributed by atoms with Crippen molar-refractivity contribution in [3.63, 3.8) is 0 Å². The largest absolute Gasteiger partial charge is 0.479 e. The van der Waals surface area contributed by atoms with E-state index in [0.717, 1.165) is 16.0 Å². The lowest BCUT2D eigenvalue weighted by molar-refractivity contribution is -0.144. The van der Waals surface area contributed by atoms with Crippen LogP contribution in [-0.2, 0) is 22.1 Å². The lowest BCUT2D eigenvalue weighted by atomic mass is 10.2. The molecule has 0 fully saturated rings. The van der Waals surface area contributed by atoms with E-state index in [1.807, 2.05) is 77.7 Å². The Labute approximate surface area is 200 Å². The highest BCUT2D eigenvalue weighted by Gasteiger charge is 2.17. The zero-order chi connectivity index (χ0) is 23.9. The smallest absolute Gasteiger partial charge is 0.344 e. The maximum absolute atomic E-state index is 12.7. The van der Waals surface area contributed by atoms with E-state index in [9.17, 15) is 9.00 Å². The van der Waals surface area contributed by atoms with Crippen molar-refractivity contribution < 1.29 is 23.3 Å². The fourth-order valence-corrected chi connectivity index (χ4v) is 4.59. The van der Waals surface area contributed by atoms with E-state index in [0.29, 0.717) is 42.6 Å². The van der Waals surface area contributed by atoms with E-state index in [-0.39, 0.29) is 0 Å². The van der Waals surface area contributed by atoms with Gasteiger partial charge in [-0.25, -0.2) is 4.79 Å². The molecule has 0 aliphatic carbocycles. The molecular formula is C26H26N2O5S. The molecule has 0 saturated carbocycles. The molecule has 1 N–H and O–H groups in total. The average Bonchev–Trinajstić information content (AvgIpc) is 3.28. The number of carbonyl (C=O) groups is 1. The van der Waals surface area contributed by atoms with Gasteiger partial charge in [-0.2, -0.15) is 4.98 Å². The Hall–Kier alpha value is -3.65. The van der Waals surface area contributed by atoms with Gasteiger partial charge in [-0.15, -0.1) is 0 Å². The molecule has 3 aromatic carbocycles. The van der Waals surface area contributed by atoms with Crippen LogP contribution in [-0.4, -0.2) is 38.7 Å². The summed E-state index contributed by atoms with van der Waals surface area (Å²) >= 11 is 0. The average molecular weight is 479 g/mol. The highest BCUT2D eigenvalue weighted by Crippen LogP contribution is 2.25. The van der Waals surface area contributed by atoms with E-state index >= 15 is 0 Å². The van der Waals surface area contributed by atoms with Crippen LogP contribution in [0.3, 0.4) is 0 Å². The summed E-state index contributed by atoms with van der Waals surface area (Å²) in [5.41, 5.74) is 2.38. The van der Waals surface area contributed by atoms with Crippen molar-refractivity contribution in [1.82, 2.24) is 4.98 Å². The standard InChI is InChI=1S/C26H26N2O5S/c1-19(25(29)30)32-21-10-7-9-20(17-21)18-28(26-27-23-13-5-6-14-24(23)33-26)15-8-16-34(31)22-11-3-2-4-12-22/h2-7,9-14,17,19H,8,15-16,18H2,1H3,(H,29,30). The molecule has 7 nitrogen and oxygen atoms in total. The van der Waals surface area contributed by atoms with Crippen molar-refractivity contribution in [2.24, 2.45) is 0 Å². The first-order valence-electron chi connectivity index (χ1n) is 11.0. The van der Waals surface area contributed by atoms with Gasteiger partial charge in [0.1, 0.15) is 11.3 Å². The van der Waals surface area contributed by atoms with Crippen LogP contribution in [0.5, 0.6) is 5.75 Å². The lowest BCUT2D eigenvalue weighted by Gasteiger charge is -2.21. The van der Waals surface area contributed by atoms with Gasteiger partial charge in [-0.3, -0.25) is 4.21 Å². The highest BCUT2D eigenvalue weighted by atomic mass is 32.2. The number of carboxylic acid groups (broad SMARTS) is 1. The Morgan fingerprint density at radius 3 is 2.62 bits per heavy atom. The Bertz CT molecular complexity index is 1240. The number of aromatic nitrogens is 1. The van der Waals surface area contributed by atoms with Gasteiger partial charge in [0, 0.05) is 23.7 Å². The second kappa shape index (κ2) is 11.0. The molecule has 4 aromatic rings. The van der Waals surface area contributed by atoms with Crippen molar-refractivity contribution in [1.29, 1.82) is 0 Å². The third-order valence-electron chi connectivity index (χ3n) is 5.25. The zero-order valence-corrected chi connectivity index (χ0v) is 19.6. The minimum atomic E-state index is -1.09. The number of oxazole rings is 1. The van der Waals surface area contributed by atoms with E-state index in [4.69, 9.17) is 14.3 Å². The summed E-state index contributed by atoms with van der Waals surface area (Å²) in [6, 6.07) is 24.8. The van der Waals surface area contributed by atoms with Crippen molar-refractivity contribution in [2.45, 2.75) is 30.9 Å². The predicted octanol–water partition coefficient (Wildman–Crippen LogP) is 4.88. The van der Waals surface area contributed by atoms with Crippen LogP contribution >= 0.6 is 0 Å². The predicted molar refractivity (Wildman–Crippen MR) is 132 cm³/mol. The number of hydrogen-bond acceptors (Lipinski definition) is 6. The molecule has 0 aliphatic rings. The normalized spacial score (nSPS) is 12.9. The fourth-order valence-electron chi connectivity index (χ4n) is 3.51. The lowest BCUT2D eigenvalue weighted by Crippen LogP contribution is -2.26. The van der Waals surface area contributed by atoms with Crippen LogP contribution in [0, 0.1) is 0 Å². The molecule has 0 aliphatic heterocycles. The molecule has 2 atom stereocenters. The van der Waals surface area contributed by atoms with Gasteiger partial charge in [-0.1, -0.05) is 42.5 Å². The minimum absolute atomic E-state index is 0.476. The number of benzene rings is 3. The molecular weight excluding hydrogens is 452 g/mol. The van der Waals surface area contributed by atoms with E-state index in [1.54, 1.807) is 6.07 Å². The topological polar surface area (TPSA) is 92.9 Å². The fraction of sp³-hybridized carbons (Fsp3) is 0.231. The van der Waals surface area contributed by atoms with Crippen molar-refractivity contribution in [3.05, 3.63) is 84.4 Å². The number of anilines is 1. The number of ether oxygens (including phenoxy) is 1. The summed E-state index contributed by atoms with van der Waals surface area (Å²) in [5.74, 6) is -0.0277. The Balaban J connectivity index is 1.51. The van der Waals surface area contributed by atoms with Crippen LogP contribution in [0.15, 0.2) is 88.2 Å². The van der Waals surface area contributed by atoms with Gasteiger partial charge in [0.2, 0.25) is 0 Å². The first kappa shape index (κ1) is 23.5. The van der Waals surface area contributed by atoms with E-state index < -0.39 is 22.9 Å². The molecule has 176 valence electrons. The summed E-state index contributed by atoms with van der Waals surface area (Å²) in [4.78, 5) is 18.6. The van der Waals surface area contributed by atoms with Crippen molar-refractivity contribution in [3.8, 4) is 5.75 Å². The number of aliphatic carboxylic acids is 1. The molecule has 1 aromatic heterocycles. The molecule has 0 saturated heterocycles. The van der Waals surface area contributed by atoms with E-state index in [2.05, 4.69) is 4.98 Å². The molecule has 0 spiro atoms. The quantitative estimate of drug-likeness (QED) is 0.328. The van der Waals surface area contributed by atoms with Gasteiger partial charge in [0.15, 0.2) is 11.7 Å². The second-order valence-electron chi connectivity index (χ2n) is 7.85. The Morgan fingerprint density at radius 1 is 1.09 bits per heavy atom. The molecule has 34 heavy (non-hydrogen) atoms. The first-order valence-corrected chi connectivity index (χ1v) is 12.3. The second-order valence-corrected chi connectivity index (χ2v) is 9.42. The molecule has 1 heterocycles. The number of hydrogen-bond donors (Lipinski definition) is 1. The number of para-hydroxylation sites is 2. The van der Waals surface area contributed by atoms with Gasteiger partial charge >= 0.3 is 5.97 Å². The summed E-state index contributed by atoms with van der Waals surface area (Å²) in [6.07, 6.45) is -0.275. The molecule has 8 heteroatoms. The van der Waals surface area contributed by atoms with Crippen molar-refractivity contribution in [2.75, 3.05) is 17.2 Å². The minimum Gasteiger partial charge on any atom is -0.479 e. The van der Waals surface area contributed by atoms with Crippen molar-refractivity contribution >= 4 is 33.9 Å². The number of carboxylic acids is 1. The van der Waals surface area contributed by atoms with Crippen LogP contribution < -0.4 is 9.64 Å². The molecule has 0 bridgehead atoms. The van der Waals surface area contributed by atoms with Gasteiger partial charge in [0.25, 0.3) is 6.01 Å². The monoisotopic (exact) mass is 478 g/mol. The third-order valence-corrected chi connectivity index (χ3v) is 6.71. The third kappa shape index (κ3) is 6.02. The van der Waals surface area contributed by atoms with Gasteiger partial charge < -0.3 is 19.2 Å². The highest BCUT2D eigenvalue weighted by molar-refractivity contribution is 7.85. The number of rotatable bonds is 11. The van der Waals surface area contributed by atoms with Crippen LogP contribution in [0.1, 0.15) is 18.9 Å². The molecule has 4 rings (SSSR count). The number of nitrogens with zero attached hydrogens (tertiary/aromatic N) is 2. The summed E-state index contributed by atoms with van der Waals surface area (Å²) in [6.45, 7) is 2.55. The van der Waals surface area contributed by atoms with Gasteiger partial charge in [-0.05, 0) is 55.3 Å². The van der Waals surface area contributed by atoms with E-state index in [1.165, 1.54) is 6.92 Å². The van der Waals surface area contributed by atoms with Crippen LogP contribution in [0.4, 0.5) is 6.01 Å². The number of fused-ring (bicyclic) bond motifs is 1. The summed E-state index contributed by atoms with van der Waals surface area (Å²) in [7, 11) is -1.09. The molecule has 0 amide bonds. The van der Waals surface area contributed by atoms with Gasteiger partial charge in [0.05, 0.1) is 10.8 Å². The summed E-state index contributed by atoms with van der Waals surface area (Å²) < 4.78 is 24.2. The maximum atomic E-state index is 12.7. The SMILES string of the molecule is CC(Oc1cccc(CN(CCCS(=O)c2ccccc2)c2nc3ccccc3o2)c1)C(=O)O. The zero-order valence-electron chi connectivity index (χ0n) is 18.8. The van der Waals surface area contributed by atoms with Crippen LogP contribution in [0.2, 0.25) is 0 Å². The maximum Gasteiger partial charge on any atom is 0.344 e. The first-order chi connectivity index (χ1) is 16.5. The summed E-state index contributed by atoms with van der Waals surface area (Å²) in [5, 5.41) is 9.12. The Kier molecular flexibility index (Phi) is 7.59.